The van der Waals surface area contributed by atoms with E-state index in [2.05, 4.69) is 0 Å². The minimum absolute atomic E-state index is 0.0294. The number of fused-ring (bicyclic) bond motifs is 1. The molecule has 0 saturated carbocycles. The fourth-order valence-electron chi connectivity index (χ4n) is 4.83. The molecule has 0 spiro atoms. The van der Waals surface area contributed by atoms with Crippen LogP contribution in [-0.2, 0) is 34.1 Å². The van der Waals surface area contributed by atoms with Gasteiger partial charge in [0.1, 0.15) is 17.4 Å². The van der Waals surface area contributed by atoms with E-state index in [4.69, 9.17) is 19.4 Å². The van der Waals surface area contributed by atoms with Crippen molar-refractivity contribution in [2.45, 2.75) is 24.3 Å². The van der Waals surface area contributed by atoms with Crippen molar-refractivity contribution >= 4 is 27.2 Å². The molecule has 5 rings (SSSR count). The Balaban J connectivity index is 1.52. The maximum absolute atomic E-state index is 13.6. The van der Waals surface area contributed by atoms with Gasteiger partial charge in [-0.2, -0.15) is 4.31 Å². The van der Waals surface area contributed by atoms with Crippen LogP contribution in [0.15, 0.2) is 47.4 Å². The van der Waals surface area contributed by atoms with Crippen LogP contribution in [0.2, 0.25) is 0 Å². The molecule has 40 heavy (non-hydrogen) atoms. The summed E-state index contributed by atoms with van der Waals surface area (Å²) >= 11 is 0. The zero-order valence-corrected chi connectivity index (χ0v) is 22.4. The number of methoxy groups -OCH3 is 1. The third-order valence-electron chi connectivity index (χ3n) is 6.82. The van der Waals surface area contributed by atoms with Gasteiger partial charge in [0, 0.05) is 50.7 Å². The number of nitro groups is 2. The molecule has 0 unspecified atom stereocenters. The molecular formula is C25H26N6O8S. The predicted octanol–water partition coefficient (Wildman–Crippen LogP) is 2.48. The fraction of sp³-hybridized carbons (Fsp3) is 0.360. The number of anilines is 1. The highest BCUT2D eigenvalue weighted by molar-refractivity contribution is 7.89. The molecule has 0 aliphatic carbocycles. The first-order valence-corrected chi connectivity index (χ1v) is 13.9. The maximum Gasteiger partial charge on any atom is 0.296 e. The Morgan fingerprint density at radius 2 is 1.80 bits per heavy atom. The van der Waals surface area contributed by atoms with Gasteiger partial charge in [-0.25, -0.2) is 18.4 Å². The minimum Gasteiger partial charge on any atom is -0.497 e. The molecule has 3 heterocycles. The number of non-ortho nitro benzene ring substituents is 1. The molecule has 0 amide bonds. The lowest BCUT2D eigenvalue weighted by atomic mass is 10.1. The lowest BCUT2D eigenvalue weighted by molar-refractivity contribution is -0.396. The van der Waals surface area contributed by atoms with Gasteiger partial charge in [-0.1, -0.05) is 12.1 Å². The average molecular weight is 571 g/mol. The SMILES string of the molecule is COc1cccc(Cc2nc3c(c(N4CCOCC4)n2)CN(S(=O)(=O)c2ccc([N+](=O)[O-])cc2[N+](=O)[O-])CC3)c1. The molecule has 0 bridgehead atoms. The highest BCUT2D eigenvalue weighted by Gasteiger charge is 2.37. The van der Waals surface area contributed by atoms with Gasteiger partial charge < -0.3 is 14.4 Å². The highest BCUT2D eigenvalue weighted by atomic mass is 32.2. The zero-order valence-electron chi connectivity index (χ0n) is 21.6. The molecule has 1 aromatic heterocycles. The van der Waals surface area contributed by atoms with Crippen molar-refractivity contribution in [3.05, 3.63) is 85.3 Å². The first kappa shape index (κ1) is 27.4. The van der Waals surface area contributed by atoms with Crippen LogP contribution in [0.5, 0.6) is 5.75 Å². The monoisotopic (exact) mass is 570 g/mol. The summed E-state index contributed by atoms with van der Waals surface area (Å²) in [5, 5.41) is 22.8. The summed E-state index contributed by atoms with van der Waals surface area (Å²) in [5.41, 5.74) is 0.868. The summed E-state index contributed by atoms with van der Waals surface area (Å²) in [5.74, 6) is 1.89. The Kier molecular flexibility index (Phi) is 7.60. The molecule has 3 aromatic rings. The number of rotatable bonds is 8. The summed E-state index contributed by atoms with van der Waals surface area (Å²) in [6.45, 7) is 2.02. The highest BCUT2D eigenvalue weighted by Crippen LogP contribution is 2.35. The number of benzene rings is 2. The van der Waals surface area contributed by atoms with Crippen molar-refractivity contribution in [3.63, 3.8) is 0 Å². The minimum atomic E-state index is -4.38. The zero-order chi connectivity index (χ0) is 28.4. The Bertz CT molecular complexity index is 1580. The summed E-state index contributed by atoms with van der Waals surface area (Å²) in [6.07, 6.45) is 0.707. The van der Waals surface area contributed by atoms with Crippen molar-refractivity contribution in [3.8, 4) is 5.75 Å². The molecule has 0 atom stereocenters. The second-order valence-corrected chi connectivity index (χ2v) is 11.2. The molecule has 0 radical (unpaired) electrons. The van der Waals surface area contributed by atoms with Crippen molar-refractivity contribution in [1.29, 1.82) is 0 Å². The van der Waals surface area contributed by atoms with Crippen LogP contribution >= 0.6 is 0 Å². The second-order valence-electron chi connectivity index (χ2n) is 9.27. The van der Waals surface area contributed by atoms with Gasteiger partial charge in [-0.3, -0.25) is 20.2 Å². The quantitative estimate of drug-likeness (QED) is 0.288. The van der Waals surface area contributed by atoms with Crippen LogP contribution in [0.3, 0.4) is 0 Å². The lowest BCUT2D eigenvalue weighted by Gasteiger charge is -2.34. The van der Waals surface area contributed by atoms with Crippen LogP contribution < -0.4 is 9.64 Å². The Labute approximate surface area is 229 Å². The van der Waals surface area contributed by atoms with Crippen molar-refractivity contribution < 1.29 is 27.7 Å². The number of hydrogen-bond donors (Lipinski definition) is 0. The van der Waals surface area contributed by atoms with E-state index in [0.717, 1.165) is 22.0 Å². The van der Waals surface area contributed by atoms with Gasteiger partial charge in [-0.15, -0.1) is 0 Å². The van der Waals surface area contributed by atoms with E-state index in [0.29, 0.717) is 67.4 Å². The molecule has 0 N–H and O–H groups in total. The van der Waals surface area contributed by atoms with Crippen LogP contribution in [0.4, 0.5) is 17.2 Å². The molecule has 14 nitrogen and oxygen atoms in total. The summed E-state index contributed by atoms with van der Waals surface area (Å²) in [7, 11) is -2.79. The molecule has 1 saturated heterocycles. The number of ether oxygens (including phenoxy) is 2. The van der Waals surface area contributed by atoms with Crippen LogP contribution in [0, 0.1) is 20.2 Å². The third kappa shape index (κ3) is 5.43. The van der Waals surface area contributed by atoms with Gasteiger partial charge in [0.15, 0.2) is 4.90 Å². The largest absolute Gasteiger partial charge is 0.497 e. The van der Waals surface area contributed by atoms with Crippen molar-refractivity contribution in [2.75, 3.05) is 44.9 Å². The van der Waals surface area contributed by atoms with Gasteiger partial charge in [0.2, 0.25) is 10.0 Å². The number of sulfonamides is 1. The van der Waals surface area contributed by atoms with Crippen molar-refractivity contribution in [2.24, 2.45) is 0 Å². The van der Waals surface area contributed by atoms with E-state index < -0.39 is 36.1 Å². The Morgan fingerprint density at radius 1 is 1.02 bits per heavy atom. The van der Waals surface area contributed by atoms with Gasteiger partial charge in [0.25, 0.3) is 11.4 Å². The summed E-state index contributed by atoms with van der Waals surface area (Å²) < 4.78 is 39.2. The van der Waals surface area contributed by atoms with Crippen LogP contribution in [0.25, 0.3) is 0 Å². The second kappa shape index (κ2) is 11.1. The lowest BCUT2D eigenvalue weighted by Crippen LogP contribution is -2.41. The van der Waals surface area contributed by atoms with E-state index in [1.54, 1.807) is 7.11 Å². The fourth-order valence-corrected chi connectivity index (χ4v) is 6.37. The number of hydrogen-bond acceptors (Lipinski definition) is 11. The maximum atomic E-state index is 13.6. The number of nitrogens with zero attached hydrogens (tertiary/aromatic N) is 6. The first-order chi connectivity index (χ1) is 19.2. The predicted molar refractivity (Wildman–Crippen MR) is 142 cm³/mol. The van der Waals surface area contributed by atoms with E-state index in [-0.39, 0.29) is 19.5 Å². The van der Waals surface area contributed by atoms with Gasteiger partial charge in [0.05, 0.1) is 41.9 Å². The topological polar surface area (TPSA) is 171 Å². The molecule has 2 aromatic carbocycles. The molecule has 2 aliphatic rings. The third-order valence-corrected chi connectivity index (χ3v) is 8.72. The standard InChI is InChI=1S/C25H26N6O8S/c1-38-19-4-2-3-17(13-19)14-24-26-21-7-8-29(16-20(21)25(27-24)28-9-11-39-12-10-28)40(36,37)23-6-5-18(30(32)33)15-22(23)31(34)35/h2-6,13,15H,7-12,14,16H2,1H3. The van der Waals surface area contributed by atoms with E-state index in [9.17, 15) is 28.6 Å². The number of aromatic nitrogens is 2. The molecule has 2 aliphatic heterocycles. The van der Waals surface area contributed by atoms with E-state index in [1.807, 2.05) is 29.2 Å². The summed E-state index contributed by atoms with van der Waals surface area (Å²) in [6, 6.07) is 10.1. The normalized spacial score (nSPS) is 15.9. The molecular weight excluding hydrogens is 544 g/mol. The van der Waals surface area contributed by atoms with E-state index >= 15 is 0 Å². The first-order valence-electron chi connectivity index (χ1n) is 12.4. The molecule has 15 heteroatoms. The Hall–Kier alpha value is -4.21. The van der Waals surface area contributed by atoms with Crippen LogP contribution in [-0.4, -0.2) is 72.5 Å². The van der Waals surface area contributed by atoms with Gasteiger partial charge in [-0.05, 0) is 23.8 Å². The summed E-state index contributed by atoms with van der Waals surface area (Å²) in [4.78, 5) is 32.1. The molecule has 1 fully saturated rings. The van der Waals surface area contributed by atoms with Crippen LogP contribution in [0.1, 0.15) is 22.6 Å². The smallest absolute Gasteiger partial charge is 0.296 e. The number of morpholine rings is 1. The Morgan fingerprint density at radius 3 is 2.50 bits per heavy atom. The van der Waals surface area contributed by atoms with Crippen molar-refractivity contribution in [1.82, 2.24) is 14.3 Å². The van der Waals surface area contributed by atoms with E-state index in [1.165, 1.54) is 0 Å². The van der Waals surface area contributed by atoms with Gasteiger partial charge >= 0.3 is 0 Å². The number of nitro benzene ring substituents is 2. The average Bonchev–Trinajstić information content (AvgIpc) is 2.96. The molecule has 210 valence electrons.